The van der Waals surface area contributed by atoms with E-state index in [2.05, 4.69) is 9.97 Å². The number of aryl methyl sites for hydroxylation is 1. The van der Waals surface area contributed by atoms with E-state index in [-0.39, 0.29) is 47.2 Å². The second-order valence-electron chi connectivity index (χ2n) is 12.6. The number of likely N-dealkylation sites (tertiary alicyclic amines) is 2. The third kappa shape index (κ3) is 5.98. The minimum absolute atomic E-state index is 0.0151. The Morgan fingerprint density at radius 1 is 1.06 bits per heavy atom. The van der Waals surface area contributed by atoms with Gasteiger partial charge in [-0.05, 0) is 43.0 Å². The predicted molar refractivity (Wildman–Crippen MR) is 176 cm³/mol. The molecule has 6 heterocycles. The van der Waals surface area contributed by atoms with Gasteiger partial charge >= 0.3 is 0 Å². The van der Waals surface area contributed by atoms with Gasteiger partial charge < -0.3 is 19.5 Å². The van der Waals surface area contributed by atoms with Gasteiger partial charge in [-0.1, -0.05) is 36.4 Å². The molecule has 0 spiro atoms. The van der Waals surface area contributed by atoms with E-state index >= 15 is 4.39 Å². The summed E-state index contributed by atoms with van der Waals surface area (Å²) in [6, 6.07) is 16.4. The maximum Gasteiger partial charge on any atom is 0.266 e. The maximum atomic E-state index is 15.1. The van der Waals surface area contributed by atoms with Gasteiger partial charge in [0.2, 0.25) is 5.91 Å². The largest absolute Gasteiger partial charge is 0.388 e. The number of fused-ring (bicyclic) bond motifs is 1. The molecule has 1 N–H and O–H groups in total. The van der Waals surface area contributed by atoms with Gasteiger partial charge in [0.05, 0.1) is 17.5 Å². The number of thiophene rings is 1. The molecule has 0 unspecified atom stereocenters. The Kier molecular flexibility index (Phi) is 8.23. The van der Waals surface area contributed by atoms with Crippen LogP contribution < -0.4 is 5.56 Å². The molecule has 12 heteroatoms. The highest BCUT2D eigenvalue weighted by atomic mass is 32.1. The summed E-state index contributed by atoms with van der Waals surface area (Å²) in [5, 5.41) is 12.0. The lowest BCUT2D eigenvalue weighted by molar-refractivity contribution is -0.142. The Bertz CT molecular complexity index is 1980. The molecule has 2 saturated heterocycles. The van der Waals surface area contributed by atoms with E-state index in [4.69, 9.17) is 0 Å². The molecule has 0 aliphatic carbocycles. The summed E-state index contributed by atoms with van der Waals surface area (Å²) >= 11 is 1.11. The zero-order valence-corrected chi connectivity index (χ0v) is 26.8. The molecular formula is C35H35FN6O4S. The topological polar surface area (TPSA) is 114 Å². The van der Waals surface area contributed by atoms with Gasteiger partial charge in [-0.2, -0.15) is 0 Å². The van der Waals surface area contributed by atoms with Gasteiger partial charge in [-0.3, -0.25) is 23.9 Å². The summed E-state index contributed by atoms with van der Waals surface area (Å²) in [6.07, 6.45) is 7.62. The zero-order valence-electron chi connectivity index (χ0n) is 26.0. The Morgan fingerprint density at radius 3 is 2.60 bits per heavy atom. The van der Waals surface area contributed by atoms with Crippen molar-refractivity contribution >= 4 is 34.2 Å². The molecule has 2 fully saturated rings. The van der Waals surface area contributed by atoms with Gasteiger partial charge in [0, 0.05) is 74.1 Å². The Morgan fingerprint density at radius 2 is 1.85 bits per heavy atom. The molecule has 2 atom stereocenters. The number of halogens is 1. The van der Waals surface area contributed by atoms with Crippen LogP contribution in [0.25, 0.3) is 21.5 Å². The number of aliphatic hydroxyl groups is 1. The smallest absolute Gasteiger partial charge is 0.266 e. The van der Waals surface area contributed by atoms with Crippen LogP contribution in [0.15, 0.2) is 84.3 Å². The first-order valence-electron chi connectivity index (χ1n) is 15.8. The Balaban J connectivity index is 1.05. The average Bonchev–Trinajstić information content (AvgIpc) is 3.68. The second-order valence-corrected chi connectivity index (χ2v) is 13.6. The van der Waals surface area contributed by atoms with Crippen molar-refractivity contribution in [2.45, 2.75) is 37.3 Å². The van der Waals surface area contributed by atoms with Crippen molar-refractivity contribution in [1.82, 2.24) is 28.9 Å². The first-order valence-corrected chi connectivity index (χ1v) is 16.6. The normalized spacial score (nSPS) is 19.6. The average molecular weight is 655 g/mol. The zero-order chi connectivity index (χ0) is 32.7. The molecule has 4 aromatic heterocycles. The van der Waals surface area contributed by atoms with Crippen molar-refractivity contribution in [3.63, 3.8) is 0 Å². The number of benzene rings is 1. The lowest BCUT2D eigenvalue weighted by Gasteiger charge is -2.43. The highest BCUT2D eigenvalue weighted by Gasteiger charge is 2.42. The van der Waals surface area contributed by atoms with Gasteiger partial charge in [-0.25, -0.2) is 9.37 Å². The van der Waals surface area contributed by atoms with Crippen LogP contribution in [0.2, 0.25) is 0 Å². The third-order valence-electron chi connectivity index (χ3n) is 9.59. The summed E-state index contributed by atoms with van der Waals surface area (Å²) in [5.41, 5.74) is 0.928. The van der Waals surface area contributed by atoms with Gasteiger partial charge in [0.15, 0.2) is 0 Å². The van der Waals surface area contributed by atoms with Crippen LogP contribution in [0.5, 0.6) is 0 Å². The number of aromatic nitrogens is 4. The molecule has 2 aliphatic heterocycles. The lowest BCUT2D eigenvalue weighted by Crippen LogP contribution is -2.53. The fraction of sp³-hybridized carbons (Fsp3) is 0.343. The van der Waals surface area contributed by atoms with E-state index in [9.17, 15) is 19.5 Å². The molecule has 7 rings (SSSR count). The molecule has 1 aromatic carbocycles. The third-order valence-corrected chi connectivity index (χ3v) is 10.7. The quantitative estimate of drug-likeness (QED) is 0.292. The Hall–Kier alpha value is -4.68. The van der Waals surface area contributed by atoms with Crippen molar-refractivity contribution < 1.29 is 19.1 Å². The summed E-state index contributed by atoms with van der Waals surface area (Å²) in [6.45, 7) is 1.41. The number of carbonyl (C=O) groups excluding carboxylic acids is 2. The van der Waals surface area contributed by atoms with E-state index in [1.165, 1.54) is 17.0 Å². The number of carbonyl (C=O) groups is 2. The molecule has 2 amide bonds. The molecular weight excluding hydrogens is 619 g/mol. The highest BCUT2D eigenvalue weighted by molar-refractivity contribution is 7.17. The summed E-state index contributed by atoms with van der Waals surface area (Å²) in [7, 11) is 1.83. The molecule has 5 aromatic rings. The molecule has 2 aliphatic rings. The van der Waals surface area contributed by atoms with Crippen LogP contribution in [0.3, 0.4) is 0 Å². The molecule has 242 valence electrons. The van der Waals surface area contributed by atoms with E-state index in [0.717, 1.165) is 22.5 Å². The monoisotopic (exact) mass is 654 g/mol. The SMILES string of the molecule is Cn1ccc2c(=O)n(CC3(O)CCN(C(=O)[C@@H]4CCN(C(=O)c5sc(-c6cccnc6)cc5F)C[C@H]4c4ccccc4)CC3)cnc21. The van der Waals surface area contributed by atoms with Gasteiger partial charge in [0.25, 0.3) is 11.5 Å². The molecule has 10 nitrogen and oxygen atoms in total. The fourth-order valence-electron chi connectivity index (χ4n) is 6.93. The molecule has 0 radical (unpaired) electrons. The molecule has 0 bridgehead atoms. The second kappa shape index (κ2) is 12.5. The van der Waals surface area contributed by atoms with Crippen molar-refractivity contribution in [3.05, 3.63) is 106 Å². The van der Waals surface area contributed by atoms with Crippen LogP contribution in [-0.4, -0.2) is 77.6 Å². The molecule has 0 saturated carbocycles. The standard InChI is InChI=1S/C35H35FN6O4S/c1-39-14-9-26-31(39)38-22-42(33(26)44)21-35(46)11-16-40(17-12-35)32(43)25-10-15-41(20-27(25)23-6-3-2-4-7-23)34(45)30-28(36)18-29(47-30)24-8-5-13-37-19-24/h2-9,13-14,18-19,22,25,27,46H,10-12,15-17,20-21H2,1H3/t25-,27+/m1/s1. The first-order chi connectivity index (χ1) is 22.7. The lowest BCUT2D eigenvalue weighted by atomic mass is 9.79. The number of piperidine rings is 2. The number of rotatable bonds is 6. The number of hydrogen-bond acceptors (Lipinski definition) is 7. The van der Waals surface area contributed by atoms with Gasteiger partial charge in [-0.15, -0.1) is 11.3 Å². The van der Waals surface area contributed by atoms with E-state index in [1.807, 2.05) is 43.4 Å². The summed E-state index contributed by atoms with van der Waals surface area (Å²) < 4.78 is 18.3. The van der Waals surface area contributed by atoms with Crippen molar-refractivity contribution in [1.29, 1.82) is 0 Å². The van der Waals surface area contributed by atoms with Crippen LogP contribution in [0.4, 0.5) is 4.39 Å². The van der Waals surface area contributed by atoms with Gasteiger partial charge in [0.1, 0.15) is 22.7 Å². The number of hydrogen-bond donors (Lipinski definition) is 1. The first kappa shape index (κ1) is 30.9. The van der Waals surface area contributed by atoms with Crippen LogP contribution in [-0.2, 0) is 18.4 Å². The summed E-state index contributed by atoms with van der Waals surface area (Å²) in [4.78, 5) is 53.4. The van der Waals surface area contributed by atoms with E-state index in [1.54, 1.807) is 45.1 Å². The maximum absolute atomic E-state index is 15.1. The number of nitrogens with zero attached hydrogens (tertiary/aromatic N) is 6. The number of pyridine rings is 1. The number of amides is 2. The van der Waals surface area contributed by atoms with Crippen molar-refractivity contribution in [3.8, 4) is 10.4 Å². The van der Waals surface area contributed by atoms with E-state index < -0.39 is 11.4 Å². The van der Waals surface area contributed by atoms with Crippen molar-refractivity contribution in [2.24, 2.45) is 13.0 Å². The highest BCUT2D eigenvalue weighted by Crippen LogP contribution is 2.38. The van der Waals surface area contributed by atoms with Crippen molar-refractivity contribution in [2.75, 3.05) is 26.2 Å². The van der Waals surface area contributed by atoms with Crippen LogP contribution in [0.1, 0.15) is 40.4 Å². The van der Waals surface area contributed by atoms with E-state index in [0.29, 0.717) is 54.8 Å². The molecule has 47 heavy (non-hydrogen) atoms. The summed E-state index contributed by atoms with van der Waals surface area (Å²) in [5.74, 6) is -1.60. The van der Waals surface area contributed by atoms with Crippen LogP contribution >= 0.6 is 11.3 Å². The predicted octanol–water partition coefficient (Wildman–Crippen LogP) is 4.30. The minimum atomic E-state index is -1.15. The van der Waals surface area contributed by atoms with Crippen LogP contribution in [0, 0.1) is 11.7 Å². The Labute approximate surface area is 274 Å². The minimum Gasteiger partial charge on any atom is -0.388 e. The fourth-order valence-corrected chi connectivity index (χ4v) is 7.92.